The number of sulfonamides is 1. The van der Waals surface area contributed by atoms with Crippen LogP contribution in [0.25, 0.3) is 16.9 Å². The summed E-state index contributed by atoms with van der Waals surface area (Å²) in [6, 6.07) is 7.05. The zero-order valence-electron chi connectivity index (χ0n) is 15.2. The van der Waals surface area contributed by atoms with Gasteiger partial charge in [-0.2, -0.15) is 5.10 Å². The number of benzene rings is 1. The number of pyridine rings is 1. The summed E-state index contributed by atoms with van der Waals surface area (Å²) in [5, 5.41) is 4.43. The van der Waals surface area contributed by atoms with Crippen LogP contribution in [0.4, 0.5) is 14.5 Å². The van der Waals surface area contributed by atoms with Crippen molar-refractivity contribution in [2.45, 2.75) is 4.90 Å². The molecule has 4 aromatic rings. The largest absolute Gasteiger partial charge is 0.480 e. The van der Waals surface area contributed by atoms with E-state index < -0.39 is 26.6 Å². The molecule has 0 radical (unpaired) electrons. The smallest absolute Gasteiger partial charge is 0.264 e. The summed E-state index contributed by atoms with van der Waals surface area (Å²) in [6.45, 7) is 0. The van der Waals surface area contributed by atoms with Crippen molar-refractivity contribution >= 4 is 37.3 Å². The fourth-order valence-corrected chi connectivity index (χ4v) is 4.19. The van der Waals surface area contributed by atoms with Crippen molar-refractivity contribution in [1.29, 1.82) is 0 Å². The number of anilines is 1. The second-order valence-corrected chi connectivity index (χ2v) is 8.49. The lowest BCUT2D eigenvalue weighted by Crippen LogP contribution is -2.16. The highest BCUT2D eigenvalue weighted by atomic mass is 79.9. The molecule has 1 aromatic carbocycles. The highest BCUT2D eigenvalue weighted by Gasteiger charge is 2.22. The average Bonchev–Trinajstić information content (AvgIpc) is 3.07. The number of fused-ring (bicyclic) bond motifs is 1. The van der Waals surface area contributed by atoms with Crippen molar-refractivity contribution < 1.29 is 21.9 Å². The molecule has 0 spiro atoms. The van der Waals surface area contributed by atoms with E-state index in [2.05, 4.69) is 35.7 Å². The number of hydrogen-bond donors (Lipinski definition) is 1. The van der Waals surface area contributed by atoms with Crippen LogP contribution in [0.3, 0.4) is 0 Å². The Hall–Kier alpha value is -3.12. The van der Waals surface area contributed by atoms with Gasteiger partial charge in [0.2, 0.25) is 5.88 Å². The second-order valence-electron chi connectivity index (χ2n) is 6.03. The Kier molecular flexibility index (Phi) is 5.12. The van der Waals surface area contributed by atoms with E-state index in [0.29, 0.717) is 27.6 Å². The molecule has 0 fully saturated rings. The molecule has 0 unspecified atom stereocenters. The van der Waals surface area contributed by atoms with Crippen LogP contribution in [-0.4, -0.2) is 35.1 Å². The van der Waals surface area contributed by atoms with Crippen LogP contribution in [0, 0.1) is 11.6 Å². The van der Waals surface area contributed by atoms with Crippen molar-refractivity contribution in [2.24, 2.45) is 0 Å². The van der Waals surface area contributed by atoms with Gasteiger partial charge >= 0.3 is 0 Å². The molecule has 0 bridgehead atoms. The third-order valence-corrected chi connectivity index (χ3v) is 6.03. The lowest BCUT2D eigenvalue weighted by Gasteiger charge is -2.13. The van der Waals surface area contributed by atoms with Crippen LogP contribution in [0.15, 0.2) is 58.3 Å². The molecule has 4 rings (SSSR count). The molecule has 0 saturated heterocycles. The fourth-order valence-electron chi connectivity index (χ4n) is 2.72. The summed E-state index contributed by atoms with van der Waals surface area (Å²) in [4.78, 5) is 7.55. The van der Waals surface area contributed by atoms with Crippen LogP contribution >= 0.6 is 15.9 Å². The monoisotopic (exact) mass is 495 g/mol. The molecule has 0 atom stereocenters. The maximum atomic E-state index is 14.0. The zero-order valence-corrected chi connectivity index (χ0v) is 17.6. The number of ether oxygens (including phenoxy) is 1. The summed E-state index contributed by atoms with van der Waals surface area (Å²) in [6.07, 6.45) is 3.04. The Balaban J connectivity index is 1.76. The minimum absolute atomic E-state index is 0.0327. The van der Waals surface area contributed by atoms with Gasteiger partial charge in [-0.1, -0.05) is 0 Å². The number of methoxy groups -OCH3 is 1. The van der Waals surface area contributed by atoms with Gasteiger partial charge in [0.05, 0.1) is 19.0 Å². The predicted octanol–water partition coefficient (Wildman–Crippen LogP) is 3.64. The summed E-state index contributed by atoms with van der Waals surface area (Å²) >= 11 is 3.34. The Labute approximate surface area is 177 Å². The third kappa shape index (κ3) is 3.71. The van der Waals surface area contributed by atoms with Crippen LogP contribution in [0.5, 0.6) is 5.88 Å². The zero-order chi connectivity index (χ0) is 21.5. The first-order chi connectivity index (χ1) is 14.3. The van der Waals surface area contributed by atoms with Crippen LogP contribution in [-0.2, 0) is 10.0 Å². The molecule has 0 saturated carbocycles. The SMILES string of the molecule is COc1ncc(-c2ccc3ncc(Br)n3n2)cc1NS(=O)(=O)c1ccc(F)cc1F. The Morgan fingerprint density at radius 1 is 1.10 bits per heavy atom. The molecule has 0 aliphatic rings. The molecular weight excluding hydrogens is 484 g/mol. The van der Waals surface area contributed by atoms with Gasteiger partial charge in [-0.05, 0) is 46.3 Å². The maximum Gasteiger partial charge on any atom is 0.264 e. The molecule has 1 N–H and O–H groups in total. The van der Waals surface area contributed by atoms with E-state index in [1.807, 2.05) is 0 Å². The topological polar surface area (TPSA) is 98.5 Å². The number of rotatable bonds is 5. The average molecular weight is 496 g/mol. The van der Waals surface area contributed by atoms with Gasteiger partial charge in [-0.3, -0.25) is 4.72 Å². The molecule has 30 heavy (non-hydrogen) atoms. The first kappa shape index (κ1) is 20.2. The van der Waals surface area contributed by atoms with Gasteiger partial charge < -0.3 is 4.74 Å². The third-order valence-electron chi connectivity index (χ3n) is 4.09. The van der Waals surface area contributed by atoms with E-state index in [4.69, 9.17) is 4.74 Å². The molecule has 0 aliphatic heterocycles. The molecule has 0 aliphatic carbocycles. The van der Waals surface area contributed by atoms with Crippen molar-refractivity contribution in [1.82, 2.24) is 19.6 Å². The number of hydrogen-bond acceptors (Lipinski definition) is 6. The van der Waals surface area contributed by atoms with Gasteiger partial charge in [0.15, 0.2) is 5.65 Å². The maximum absolute atomic E-state index is 14.0. The standard InChI is InChI=1S/C18H12BrF2N5O3S/c1-29-18-14(25-30(27,28)15-4-2-11(20)7-12(15)21)6-10(8-23-18)13-3-5-17-22-9-16(19)26(17)24-13/h2-9,25H,1H3. The van der Waals surface area contributed by atoms with Gasteiger partial charge in [-0.15, -0.1) is 0 Å². The Morgan fingerprint density at radius 3 is 2.63 bits per heavy atom. The molecule has 3 aromatic heterocycles. The van der Waals surface area contributed by atoms with Crippen molar-refractivity contribution in [3.05, 3.63) is 65.0 Å². The van der Waals surface area contributed by atoms with Gasteiger partial charge in [0.25, 0.3) is 10.0 Å². The summed E-state index contributed by atoms with van der Waals surface area (Å²) < 4.78 is 62.0. The van der Waals surface area contributed by atoms with Crippen molar-refractivity contribution in [2.75, 3.05) is 11.8 Å². The van der Waals surface area contributed by atoms with E-state index in [-0.39, 0.29) is 11.6 Å². The Morgan fingerprint density at radius 2 is 1.90 bits per heavy atom. The Bertz CT molecular complexity index is 1380. The van der Waals surface area contributed by atoms with Crippen LogP contribution in [0.1, 0.15) is 0 Å². The predicted molar refractivity (Wildman–Crippen MR) is 108 cm³/mol. The van der Waals surface area contributed by atoms with Crippen molar-refractivity contribution in [3.63, 3.8) is 0 Å². The second kappa shape index (κ2) is 7.61. The molecule has 8 nitrogen and oxygen atoms in total. The molecule has 12 heteroatoms. The van der Waals surface area contributed by atoms with E-state index in [1.54, 1.807) is 22.8 Å². The summed E-state index contributed by atoms with van der Waals surface area (Å²) in [5.74, 6) is -2.14. The number of aromatic nitrogens is 4. The first-order valence-electron chi connectivity index (χ1n) is 8.31. The quantitative estimate of drug-likeness (QED) is 0.453. The van der Waals surface area contributed by atoms with E-state index in [9.17, 15) is 17.2 Å². The minimum Gasteiger partial charge on any atom is -0.480 e. The van der Waals surface area contributed by atoms with Gasteiger partial charge in [-0.25, -0.2) is 31.7 Å². The number of halogens is 3. The minimum atomic E-state index is -4.38. The van der Waals surface area contributed by atoms with E-state index >= 15 is 0 Å². The first-order valence-corrected chi connectivity index (χ1v) is 10.6. The van der Waals surface area contributed by atoms with Crippen molar-refractivity contribution in [3.8, 4) is 17.1 Å². The normalized spacial score (nSPS) is 11.6. The molecule has 0 amide bonds. The van der Waals surface area contributed by atoms with E-state index in [1.165, 1.54) is 19.4 Å². The highest BCUT2D eigenvalue weighted by Crippen LogP contribution is 2.30. The highest BCUT2D eigenvalue weighted by molar-refractivity contribution is 9.10. The molecule has 154 valence electrons. The summed E-state index contributed by atoms with van der Waals surface area (Å²) in [5.41, 5.74) is 1.52. The lowest BCUT2D eigenvalue weighted by atomic mass is 10.2. The number of nitrogens with zero attached hydrogens (tertiary/aromatic N) is 4. The van der Waals surface area contributed by atoms with Crippen LogP contribution in [0.2, 0.25) is 0 Å². The number of imidazole rings is 1. The van der Waals surface area contributed by atoms with Crippen LogP contribution < -0.4 is 9.46 Å². The van der Waals surface area contributed by atoms with E-state index in [0.717, 1.165) is 12.1 Å². The van der Waals surface area contributed by atoms with Gasteiger partial charge in [0.1, 0.15) is 26.8 Å². The number of nitrogens with one attached hydrogen (secondary N) is 1. The molecular formula is C18H12BrF2N5O3S. The lowest BCUT2D eigenvalue weighted by molar-refractivity contribution is 0.400. The molecule has 3 heterocycles. The van der Waals surface area contributed by atoms with Gasteiger partial charge in [0, 0.05) is 17.8 Å². The summed E-state index contributed by atoms with van der Waals surface area (Å²) in [7, 11) is -3.07. The fraction of sp³-hybridized carbons (Fsp3) is 0.0556.